The molecular weight excluding hydrogens is 186 g/mol. The predicted octanol–water partition coefficient (Wildman–Crippen LogP) is 1.91. The number of rotatable bonds is 2. The summed E-state index contributed by atoms with van der Waals surface area (Å²) in [5.41, 5.74) is 10.0. The molecule has 2 aromatic heterocycles. The first-order valence-electron chi connectivity index (χ1n) is 4.86. The maximum atomic E-state index is 5.58. The molecule has 76 valence electrons. The largest absolute Gasteiger partial charge is 0.326 e. The zero-order chi connectivity index (χ0) is 10.7. The van der Waals surface area contributed by atoms with E-state index in [-0.39, 0.29) is 0 Å². The van der Waals surface area contributed by atoms with E-state index in [1.807, 2.05) is 25.4 Å². The average Bonchev–Trinajstić information content (AvgIpc) is 2.30. The van der Waals surface area contributed by atoms with Crippen molar-refractivity contribution >= 4 is 0 Å². The van der Waals surface area contributed by atoms with Crippen LogP contribution in [0.1, 0.15) is 11.1 Å². The highest BCUT2D eigenvalue weighted by Gasteiger charge is 2.02. The summed E-state index contributed by atoms with van der Waals surface area (Å²) in [6.45, 7) is 2.56. The Morgan fingerprint density at radius 2 is 2.07 bits per heavy atom. The van der Waals surface area contributed by atoms with Crippen molar-refractivity contribution < 1.29 is 0 Å². The van der Waals surface area contributed by atoms with Gasteiger partial charge in [0.1, 0.15) is 0 Å². The van der Waals surface area contributed by atoms with E-state index in [0.29, 0.717) is 6.54 Å². The molecule has 0 bridgehead atoms. The molecule has 0 amide bonds. The Hall–Kier alpha value is -1.74. The van der Waals surface area contributed by atoms with Gasteiger partial charge in [-0.05, 0) is 35.7 Å². The van der Waals surface area contributed by atoms with E-state index < -0.39 is 0 Å². The molecule has 0 atom stereocenters. The number of hydrogen-bond donors (Lipinski definition) is 1. The van der Waals surface area contributed by atoms with Crippen LogP contribution in [0.5, 0.6) is 0 Å². The van der Waals surface area contributed by atoms with Crippen molar-refractivity contribution in [2.75, 3.05) is 0 Å². The molecule has 0 radical (unpaired) electrons. The summed E-state index contributed by atoms with van der Waals surface area (Å²) in [5, 5.41) is 0. The van der Waals surface area contributed by atoms with Crippen LogP contribution in [0.25, 0.3) is 11.1 Å². The lowest BCUT2D eigenvalue weighted by Gasteiger charge is -2.05. The third-order valence-corrected chi connectivity index (χ3v) is 2.36. The molecule has 15 heavy (non-hydrogen) atoms. The highest BCUT2D eigenvalue weighted by molar-refractivity contribution is 5.65. The molecular formula is C12H13N3. The zero-order valence-corrected chi connectivity index (χ0v) is 8.64. The molecule has 0 aliphatic heterocycles. The highest BCUT2D eigenvalue weighted by Crippen LogP contribution is 2.21. The fraction of sp³-hybridized carbons (Fsp3) is 0.167. The molecule has 0 aromatic carbocycles. The third kappa shape index (κ3) is 2.02. The summed E-state index contributed by atoms with van der Waals surface area (Å²) in [5.74, 6) is 0. The van der Waals surface area contributed by atoms with Crippen LogP contribution in [0.2, 0.25) is 0 Å². The first kappa shape index (κ1) is 9.80. The number of nitrogens with zero attached hydrogens (tertiary/aromatic N) is 2. The van der Waals surface area contributed by atoms with Gasteiger partial charge in [0.15, 0.2) is 0 Å². The summed E-state index contributed by atoms with van der Waals surface area (Å²) < 4.78 is 0. The molecule has 2 N–H and O–H groups in total. The van der Waals surface area contributed by atoms with Crippen molar-refractivity contribution in [3.63, 3.8) is 0 Å². The van der Waals surface area contributed by atoms with Crippen LogP contribution in [0.3, 0.4) is 0 Å². The molecule has 2 aromatic rings. The minimum absolute atomic E-state index is 0.519. The Kier molecular flexibility index (Phi) is 2.74. The first-order valence-corrected chi connectivity index (χ1v) is 4.86. The van der Waals surface area contributed by atoms with E-state index in [4.69, 9.17) is 5.73 Å². The highest BCUT2D eigenvalue weighted by atomic mass is 14.6. The van der Waals surface area contributed by atoms with Gasteiger partial charge in [-0.25, -0.2) is 0 Å². The van der Waals surface area contributed by atoms with E-state index >= 15 is 0 Å². The van der Waals surface area contributed by atoms with Crippen molar-refractivity contribution in [2.24, 2.45) is 5.73 Å². The normalized spacial score (nSPS) is 10.3. The van der Waals surface area contributed by atoms with Crippen molar-refractivity contribution in [3.05, 3.63) is 48.0 Å². The molecule has 0 aliphatic rings. The van der Waals surface area contributed by atoms with Crippen molar-refractivity contribution in [1.29, 1.82) is 0 Å². The molecule has 0 spiro atoms. The zero-order valence-electron chi connectivity index (χ0n) is 8.64. The second kappa shape index (κ2) is 4.19. The van der Waals surface area contributed by atoms with Crippen molar-refractivity contribution in [1.82, 2.24) is 9.97 Å². The molecule has 3 nitrogen and oxygen atoms in total. The lowest BCUT2D eigenvalue weighted by atomic mass is 10.0. The van der Waals surface area contributed by atoms with Gasteiger partial charge in [0.25, 0.3) is 0 Å². The smallest absolute Gasteiger partial charge is 0.0346 e. The van der Waals surface area contributed by atoms with Gasteiger partial charge in [-0.3, -0.25) is 9.97 Å². The minimum Gasteiger partial charge on any atom is -0.326 e. The monoisotopic (exact) mass is 199 g/mol. The summed E-state index contributed by atoms with van der Waals surface area (Å²) in [6.07, 6.45) is 7.28. The maximum absolute atomic E-state index is 5.58. The fourth-order valence-electron chi connectivity index (χ4n) is 1.54. The number of hydrogen-bond acceptors (Lipinski definition) is 3. The van der Waals surface area contributed by atoms with E-state index in [0.717, 1.165) is 22.3 Å². The number of aryl methyl sites for hydroxylation is 1. The molecule has 0 unspecified atom stereocenters. The van der Waals surface area contributed by atoms with Gasteiger partial charge in [-0.2, -0.15) is 0 Å². The lowest BCUT2D eigenvalue weighted by Crippen LogP contribution is -1.97. The second-order valence-electron chi connectivity index (χ2n) is 3.48. The summed E-state index contributed by atoms with van der Waals surface area (Å²) in [6, 6.07) is 4.06. The Morgan fingerprint density at radius 3 is 2.80 bits per heavy atom. The van der Waals surface area contributed by atoms with Gasteiger partial charge in [0.2, 0.25) is 0 Å². The van der Waals surface area contributed by atoms with Crippen LogP contribution in [-0.4, -0.2) is 9.97 Å². The fourth-order valence-corrected chi connectivity index (χ4v) is 1.54. The van der Waals surface area contributed by atoms with Crippen LogP contribution in [-0.2, 0) is 6.54 Å². The SMILES string of the molecule is Cc1cnccc1-c1cncc(CN)c1. The lowest BCUT2D eigenvalue weighted by molar-refractivity contribution is 1.05. The van der Waals surface area contributed by atoms with E-state index in [1.165, 1.54) is 0 Å². The van der Waals surface area contributed by atoms with Gasteiger partial charge >= 0.3 is 0 Å². The van der Waals surface area contributed by atoms with Crippen LogP contribution in [0, 0.1) is 6.92 Å². The molecule has 2 heterocycles. The van der Waals surface area contributed by atoms with Crippen LogP contribution < -0.4 is 5.73 Å². The van der Waals surface area contributed by atoms with Gasteiger partial charge in [-0.15, -0.1) is 0 Å². The van der Waals surface area contributed by atoms with Crippen molar-refractivity contribution in [2.45, 2.75) is 13.5 Å². The summed E-state index contributed by atoms with van der Waals surface area (Å²) in [4.78, 5) is 8.24. The van der Waals surface area contributed by atoms with Crippen molar-refractivity contribution in [3.8, 4) is 11.1 Å². The van der Waals surface area contributed by atoms with E-state index in [9.17, 15) is 0 Å². The predicted molar refractivity (Wildman–Crippen MR) is 60.1 cm³/mol. The van der Waals surface area contributed by atoms with Gasteiger partial charge < -0.3 is 5.73 Å². The topological polar surface area (TPSA) is 51.8 Å². The third-order valence-electron chi connectivity index (χ3n) is 2.36. The molecule has 2 rings (SSSR count). The Labute approximate surface area is 89.0 Å². The Morgan fingerprint density at radius 1 is 1.20 bits per heavy atom. The van der Waals surface area contributed by atoms with Gasteiger partial charge in [0, 0.05) is 36.9 Å². The molecule has 0 saturated carbocycles. The minimum atomic E-state index is 0.519. The summed E-state index contributed by atoms with van der Waals surface area (Å²) in [7, 11) is 0. The Balaban J connectivity index is 2.49. The Bertz CT molecular complexity index is 466. The number of pyridine rings is 2. The molecule has 3 heteroatoms. The van der Waals surface area contributed by atoms with Crippen LogP contribution in [0.15, 0.2) is 36.9 Å². The molecule has 0 fully saturated rings. The van der Waals surface area contributed by atoms with Crippen LogP contribution >= 0.6 is 0 Å². The van der Waals surface area contributed by atoms with Gasteiger partial charge in [0.05, 0.1) is 0 Å². The first-order chi connectivity index (χ1) is 7.31. The second-order valence-corrected chi connectivity index (χ2v) is 3.48. The quantitative estimate of drug-likeness (QED) is 0.803. The summed E-state index contributed by atoms with van der Waals surface area (Å²) >= 11 is 0. The van der Waals surface area contributed by atoms with Gasteiger partial charge in [-0.1, -0.05) is 0 Å². The maximum Gasteiger partial charge on any atom is 0.0346 e. The van der Waals surface area contributed by atoms with E-state index in [2.05, 4.69) is 16.0 Å². The molecule has 0 aliphatic carbocycles. The number of nitrogens with two attached hydrogens (primary N) is 1. The standard InChI is InChI=1S/C12H13N3/c1-9-6-14-3-2-12(9)11-4-10(5-13)7-15-8-11/h2-4,6-8H,5,13H2,1H3. The molecule has 0 saturated heterocycles. The van der Waals surface area contributed by atoms with Crippen LogP contribution in [0.4, 0.5) is 0 Å². The average molecular weight is 199 g/mol. The van der Waals surface area contributed by atoms with E-state index in [1.54, 1.807) is 12.4 Å². The number of aromatic nitrogens is 2.